The van der Waals surface area contributed by atoms with Crippen LogP contribution in [0.4, 0.5) is 5.95 Å². The third-order valence-corrected chi connectivity index (χ3v) is 1.21. The molecule has 12 heavy (non-hydrogen) atoms. The number of hydrogen-bond donors (Lipinski definition) is 3. The smallest absolute Gasteiger partial charge is 0.252 e. The molecular formula is C6H8N4OS. The van der Waals surface area contributed by atoms with E-state index < -0.39 is 0 Å². The van der Waals surface area contributed by atoms with E-state index in [2.05, 4.69) is 27.5 Å². The number of H-pyrrole nitrogens is 1. The first-order valence-corrected chi connectivity index (χ1v) is 3.63. The highest BCUT2D eigenvalue weighted by molar-refractivity contribution is 7.80. The first-order chi connectivity index (χ1) is 5.58. The molecule has 0 unspecified atom stereocenters. The number of anilines is 1. The summed E-state index contributed by atoms with van der Waals surface area (Å²) in [4.78, 5) is 17.2. The minimum atomic E-state index is -0.235. The number of nitrogens with two attached hydrogens (primary N) is 1. The summed E-state index contributed by atoms with van der Waals surface area (Å²) in [6.45, 7) is 1.71. The predicted octanol–water partition coefficient (Wildman–Crippen LogP) is -0.266. The van der Waals surface area contributed by atoms with Crippen molar-refractivity contribution in [2.75, 3.05) is 5.32 Å². The van der Waals surface area contributed by atoms with Crippen LogP contribution in [0.5, 0.6) is 0 Å². The fourth-order valence-corrected chi connectivity index (χ4v) is 0.852. The molecule has 1 aromatic heterocycles. The molecule has 0 aromatic carbocycles. The quantitative estimate of drug-likeness (QED) is 0.523. The van der Waals surface area contributed by atoms with Gasteiger partial charge in [0.1, 0.15) is 0 Å². The number of thiocarbonyl (C=S) groups is 1. The Hall–Kier alpha value is -1.43. The van der Waals surface area contributed by atoms with E-state index in [0.29, 0.717) is 5.69 Å². The lowest BCUT2D eigenvalue weighted by Gasteiger charge is -2.01. The molecule has 0 aliphatic rings. The van der Waals surface area contributed by atoms with E-state index in [9.17, 15) is 4.79 Å². The summed E-state index contributed by atoms with van der Waals surface area (Å²) in [7, 11) is 0. The van der Waals surface area contributed by atoms with Crippen molar-refractivity contribution >= 4 is 23.3 Å². The molecule has 0 saturated carbocycles. The van der Waals surface area contributed by atoms with Gasteiger partial charge in [0, 0.05) is 11.8 Å². The zero-order valence-electron chi connectivity index (χ0n) is 6.42. The van der Waals surface area contributed by atoms with Crippen molar-refractivity contribution in [1.82, 2.24) is 9.97 Å². The van der Waals surface area contributed by atoms with Crippen molar-refractivity contribution in [3.63, 3.8) is 0 Å². The Morgan fingerprint density at radius 1 is 1.83 bits per heavy atom. The second-order valence-corrected chi connectivity index (χ2v) is 2.66. The normalized spacial score (nSPS) is 9.42. The molecule has 0 saturated heterocycles. The maximum atomic E-state index is 10.9. The average Bonchev–Trinajstić information content (AvgIpc) is 1.81. The Morgan fingerprint density at radius 3 is 3.00 bits per heavy atom. The van der Waals surface area contributed by atoms with Gasteiger partial charge in [-0.05, 0) is 19.1 Å². The summed E-state index contributed by atoms with van der Waals surface area (Å²) < 4.78 is 0. The van der Waals surface area contributed by atoms with Crippen molar-refractivity contribution in [3.8, 4) is 0 Å². The highest BCUT2D eigenvalue weighted by atomic mass is 32.1. The van der Waals surface area contributed by atoms with Crippen LogP contribution in [0.15, 0.2) is 10.9 Å². The van der Waals surface area contributed by atoms with Crippen LogP contribution >= 0.6 is 12.2 Å². The SMILES string of the molecule is Cc1cc(=O)[nH]c(NC(N)=S)n1. The van der Waals surface area contributed by atoms with Crippen LogP contribution in [0.3, 0.4) is 0 Å². The fourth-order valence-electron chi connectivity index (χ4n) is 0.755. The van der Waals surface area contributed by atoms with Gasteiger partial charge in [-0.15, -0.1) is 0 Å². The number of rotatable bonds is 1. The maximum absolute atomic E-state index is 10.9. The zero-order chi connectivity index (χ0) is 9.14. The van der Waals surface area contributed by atoms with Crippen LogP contribution in [0.2, 0.25) is 0 Å². The van der Waals surface area contributed by atoms with Crippen LogP contribution in [0.25, 0.3) is 0 Å². The molecule has 1 aromatic rings. The summed E-state index contributed by atoms with van der Waals surface area (Å²) >= 11 is 4.57. The third-order valence-electron chi connectivity index (χ3n) is 1.11. The molecule has 0 bridgehead atoms. The number of aromatic amines is 1. The lowest BCUT2D eigenvalue weighted by atomic mass is 10.4. The third kappa shape index (κ3) is 2.31. The molecule has 0 aliphatic heterocycles. The molecule has 1 rings (SSSR count). The Kier molecular flexibility index (Phi) is 2.39. The van der Waals surface area contributed by atoms with Crippen LogP contribution in [0.1, 0.15) is 5.69 Å². The predicted molar refractivity (Wildman–Crippen MR) is 50.0 cm³/mol. The molecule has 5 nitrogen and oxygen atoms in total. The number of aromatic nitrogens is 2. The Morgan fingerprint density at radius 2 is 2.50 bits per heavy atom. The van der Waals surface area contributed by atoms with E-state index in [4.69, 9.17) is 5.73 Å². The van der Waals surface area contributed by atoms with Crippen LogP contribution in [0, 0.1) is 6.92 Å². The van der Waals surface area contributed by atoms with Gasteiger partial charge in [-0.2, -0.15) is 0 Å². The van der Waals surface area contributed by atoms with E-state index in [-0.39, 0.29) is 16.6 Å². The average molecular weight is 184 g/mol. The van der Waals surface area contributed by atoms with Gasteiger partial charge in [-0.1, -0.05) is 0 Å². The van der Waals surface area contributed by atoms with Gasteiger partial charge in [0.25, 0.3) is 5.56 Å². The summed E-state index contributed by atoms with van der Waals surface area (Å²) in [6, 6.07) is 1.38. The molecule has 0 atom stereocenters. The molecule has 1 heterocycles. The Balaban J connectivity index is 3.01. The minimum absolute atomic E-state index is 0.0729. The summed E-state index contributed by atoms with van der Waals surface area (Å²) in [5.41, 5.74) is 5.56. The van der Waals surface area contributed by atoms with E-state index in [1.54, 1.807) is 6.92 Å². The van der Waals surface area contributed by atoms with Gasteiger partial charge < -0.3 is 11.1 Å². The van der Waals surface area contributed by atoms with E-state index >= 15 is 0 Å². The first-order valence-electron chi connectivity index (χ1n) is 3.22. The highest BCUT2D eigenvalue weighted by Gasteiger charge is 1.96. The monoisotopic (exact) mass is 184 g/mol. The summed E-state index contributed by atoms with van der Waals surface area (Å²) in [5.74, 6) is 0.271. The molecular weight excluding hydrogens is 176 g/mol. The fraction of sp³-hybridized carbons (Fsp3) is 0.167. The van der Waals surface area contributed by atoms with Crippen molar-refractivity contribution in [2.45, 2.75) is 6.92 Å². The molecule has 0 aliphatic carbocycles. The second kappa shape index (κ2) is 3.31. The summed E-state index contributed by atoms with van der Waals surface area (Å²) in [6.07, 6.45) is 0. The van der Waals surface area contributed by atoms with Crippen LogP contribution in [-0.4, -0.2) is 15.1 Å². The van der Waals surface area contributed by atoms with Crippen molar-refractivity contribution in [1.29, 1.82) is 0 Å². The Labute approximate surface area is 74.0 Å². The van der Waals surface area contributed by atoms with Gasteiger partial charge in [0.05, 0.1) is 0 Å². The molecule has 0 fully saturated rings. The number of hydrogen-bond acceptors (Lipinski definition) is 3. The standard InChI is InChI=1S/C6H8N4OS/c1-3-2-4(11)9-6(8-3)10-5(7)12/h2H,1H3,(H4,7,8,9,10,11,12). The Bertz CT molecular complexity index is 359. The molecule has 64 valence electrons. The van der Waals surface area contributed by atoms with E-state index in [1.807, 2.05) is 0 Å². The van der Waals surface area contributed by atoms with Gasteiger partial charge in [0.2, 0.25) is 5.95 Å². The van der Waals surface area contributed by atoms with Gasteiger partial charge in [-0.3, -0.25) is 9.78 Å². The molecule has 4 N–H and O–H groups in total. The van der Waals surface area contributed by atoms with E-state index in [0.717, 1.165) is 0 Å². The van der Waals surface area contributed by atoms with Crippen molar-refractivity contribution in [3.05, 3.63) is 22.1 Å². The van der Waals surface area contributed by atoms with Crippen molar-refractivity contribution < 1.29 is 0 Å². The molecule has 6 heteroatoms. The lowest BCUT2D eigenvalue weighted by molar-refractivity contribution is 1.08. The maximum Gasteiger partial charge on any atom is 0.252 e. The molecule has 0 amide bonds. The van der Waals surface area contributed by atoms with Crippen LogP contribution < -0.4 is 16.6 Å². The van der Waals surface area contributed by atoms with Crippen LogP contribution in [-0.2, 0) is 0 Å². The number of aryl methyl sites for hydroxylation is 1. The first kappa shape index (κ1) is 8.66. The number of nitrogens with zero attached hydrogens (tertiary/aromatic N) is 1. The van der Waals surface area contributed by atoms with Gasteiger partial charge >= 0.3 is 0 Å². The van der Waals surface area contributed by atoms with E-state index in [1.165, 1.54) is 6.07 Å². The number of nitrogens with one attached hydrogen (secondary N) is 2. The largest absolute Gasteiger partial charge is 0.376 e. The topological polar surface area (TPSA) is 83.8 Å². The lowest BCUT2D eigenvalue weighted by Crippen LogP contribution is -2.23. The zero-order valence-corrected chi connectivity index (χ0v) is 7.23. The van der Waals surface area contributed by atoms with Gasteiger partial charge in [-0.25, -0.2) is 4.98 Å². The second-order valence-electron chi connectivity index (χ2n) is 2.22. The summed E-state index contributed by atoms with van der Waals surface area (Å²) in [5, 5.41) is 2.60. The molecule has 0 spiro atoms. The van der Waals surface area contributed by atoms with Crippen molar-refractivity contribution in [2.24, 2.45) is 5.73 Å². The minimum Gasteiger partial charge on any atom is -0.376 e. The molecule has 0 radical (unpaired) electrons. The van der Waals surface area contributed by atoms with Gasteiger partial charge in [0.15, 0.2) is 5.11 Å². The highest BCUT2D eigenvalue weighted by Crippen LogP contribution is 1.93.